The van der Waals surface area contributed by atoms with Crippen LogP contribution in [0.4, 0.5) is 0 Å². The van der Waals surface area contributed by atoms with Crippen LogP contribution in [0.25, 0.3) is 0 Å². The first kappa shape index (κ1) is 12.8. The molecule has 1 unspecified atom stereocenters. The first-order valence-electron chi connectivity index (χ1n) is 4.24. The Balaban J connectivity index is 4.06. The highest BCUT2D eigenvalue weighted by atomic mass is 32.2. The van der Waals surface area contributed by atoms with Crippen molar-refractivity contribution in [3.05, 3.63) is 0 Å². The zero-order valence-corrected chi connectivity index (χ0v) is 8.93. The molecule has 0 saturated carbocycles. The van der Waals surface area contributed by atoms with E-state index < -0.39 is 10.0 Å². The van der Waals surface area contributed by atoms with Gasteiger partial charge in [-0.3, -0.25) is 0 Å². The average Bonchev–Trinajstić information content (AvgIpc) is 2.03. The zero-order chi connectivity index (χ0) is 10.3. The van der Waals surface area contributed by atoms with Gasteiger partial charge in [-0.2, -0.15) is 0 Å². The highest BCUT2D eigenvalue weighted by molar-refractivity contribution is 7.89. The van der Waals surface area contributed by atoms with Gasteiger partial charge in [-0.1, -0.05) is 6.92 Å². The topological polar surface area (TPSA) is 81.4 Å². The number of nitrogens with two attached hydrogens (primary N) is 1. The van der Waals surface area contributed by atoms with Gasteiger partial charge in [0.05, 0.1) is 18.4 Å². The number of nitrogens with one attached hydrogen (secondary N) is 1. The van der Waals surface area contributed by atoms with Gasteiger partial charge in [-0.15, -0.1) is 0 Å². The van der Waals surface area contributed by atoms with Gasteiger partial charge in [0, 0.05) is 13.7 Å². The molecule has 0 spiro atoms. The third-order valence-corrected chi connectivity index (χ3v) is 3.11. The standard InChI is InChI=1S/C7H18N2O3S/c1-3-4-13(10,11)9-7(5-8)6-12-2/h7,9H,3-6,8H2,1-2H3. The number of ether oxygens (including phenoxy) is 1. The lowest BCUT2D eigenvalue weighted by Gasteiger charge is -2.15. The van der Waals surface area contributed by atoms with E-state index in [9.17, 15) is 8.42 Å². The summed E-state index contributed by atoms with van der Waals surface area (Å²) in [6.07, 6.45) is 0.597. The Morgan fingerprint density at radius 2 is 2.15 bits per heavy atom. The molecule has 0 aliphatic carbocycles. The van der Waals surface area contributed by atoms with Gasteiger partial charge < -0.3 is 10.5 Å². The molecule has 0 aromatic carbocycles. The van der Waals surface area contributed by atoms with Crippen LogP contribution in [0, 0.1) is 0 Å². The number of hydrogen-bond acceptors (Lipinski definition) is 4. The van der Waals surface area contributed by atoms with E-state index in [0.29, 0.717) is 13.0 Å². The van der Waals surface area contributed by atoms with E-state index in [4.69, 9.17) is 10.5 Å². The summed E-state index contributed by atoms with van der Waals surface area (Å²) in [6.45, 7) is 2.36. The Labute approximate surface area is 79.7 Å². The van der Waals surface area contributed by atoms with Crippen LogP contribution in [0.3, 0.4) is 0 Å². The van der Waals surface area contributed by atoms with Crippen LogP contribution in [-0.4, -0.2) is 40.5 Å². The Morgan fingerprint density at radius 3 is 2.54 bits per heavy atom. The van der Waals surface area contributed by atoms with Crippen LogP contribution >= 0.6 is 0 Å². The summed E-state index contributed by atoms with van der Waals surface area (Å²) in [5.74, 6) is 0.132. The van der Waals surface area contributed by atoms with Crippen LogP contribution in [0.15, 0.2) is 0 Å². The van der Waals surface area contributed by atoms with E-state index in [0.717, 1.165) is 0 Å². The molecule has 0 aliphatic rings. The van der Waals surface area contributed by atoms with Crippen molar-refractivity contribution in [3.8, 4) is 0 Å². The van der Waals surface area contributed by atoms with E-state index in [2.05, 4.69) is 4.72 Å². The van der Waals surface area contributed by atoms with Gasteiger partial charge in [-0.25, -0.2) is 13.1 Å². The van der Waals surface area contributed by atoms with Crippen LogP contribution in [-0.2, 0) is 14.8 Å². The molecule has 3 N–H and O–H groups in total. The predicted octanol–water partition coefficient (Wildman–Crippen LogP) is -0.710. The molecule has 13 heavy (non-hydrogen) atoms. The first-order valence-corrected chi connectivity index (χ1v) is 5.90. The summed E-state index contributed by atoms with van der Waals surface area (Å²) in [7, 11) is -1.66. The highest BCUT2D eigenvalue weighted by Crippen LogP contribution is 1.92. The van der Waals surface area contributed by atoms with Crippen LogP contribution in [0.5, 0.6) is 0 Å². The summed E-state index contributed by atoms with van der Waals surface area (Å²) in [5.41, 5.74) is 5.36. The third kappa shape index (κ3) is 5.98. The molecular weight excluding hydrogens is 192 g/mol. The van der Waals surface area contributed by atoms with Gasteiger partial charge in [0.1, 0.15) is 0 Å². The quantitative estimate of drug-likeness (QED) is 0.581. The summed E-state index contributed by atoms with van der Waals surface area (Å²) in [6, 6.07) is -0.318. The smallest absolute Gasteiger partial charge is 0.211 e. The third-order valence-electron chi connectivity index (χ3n) is 1.47. The second kappa shape index (κ2) is 6.31. The number of rotatable bonds is 7. The molecule has 0 saturated heterocycles. The SMILES string of the molecule is CCCS(=O)(=O)NC(CN)COC. The Bertz CT molecular complexity index is 216. The van der Waals surface area contributed by atoms with Crippen molar-refractivity contribution in [2.24, 2.45) is 5.73 Å². The molecule has 0 fully saturated rings. The number of methoxy groups -OCH3 is 1. The van der Waals surface area contributed by atoms with Crippen molar-refractivity contribution in [2.75, 3.05) is 26.0 Å². The van der Waals surface area contributed by atoms with E-state index in [1.807, 2.05) is 6.92 Å². The molecule has 80 valence electrons. The first-order chi connectivity index (χ1) is 6.05. The van der Waals surface area contributed by atoms with Crippen molar-refractivity contribution in [1.29, 1.82) is 0 Å². The lowest BCUT2D eigenvalue weighted by molar-refractivity contribution is 0.177. The molecule has 0 radical (unpaired) electrons. The van der Waals surface area contributed by atoms with Crippen molar-refractivity contribution < 1.29 is 13.2 Å². The molecule has 0 amide bonds. The Kier molecular flexibility index (Phi) is 6.23. The molecule has 0 rings (SSSR count). The maximum atomic E-state index is 11.3. The van der Waals surface area contributed by atoms with Gasteiger partial charge in [-0.05, 0) is 6.42 Å². The molecular formula is C7H18N2O3S. The molecule has 0 heterocycles. The Hall–Kier alpha value is -0.170. The normalized spacial score (nSPS) is 14.4. The summed E-state index contributed by atoms with van der Waals surface area (Å²) in [5, 5.41) is 0. The minimum absolute atomic E-state index is 0.132. The molecule has 0 aromatic heterocycles. The van der Waals surface area contributed by atoms with Gasteiger partial charge in [0.2, 0.25) is 10.0 Å². The van der Waals surface area contributed by atoms with Gasteiger partial charge >= 0.3 is 0 Å². The lowest BCUT2D eigenvalue weighted by atomic mass is 10.3. The predicted molar refractivity (Wildman–Crippen MR) is 51.9 cm³/mol. The van der Waals surface area contributed by atoms with Crippen LogP contribution in [0.1, 0.15) is 13.3 Å². The highest BCUT2D eigenvalue weighted by Gasteiger charge is 2.15. The molecule has 1 atom stereocenters. The molecule has 0 bridgehead atoms. The fourth-order valence-electron chi connectivity index (χ4n) is 0.933. The van der Waals surface area contributed by atoms with E-state index in [-0.39, 0.29) is 18.3 Å². The van der Waals surface area contributed by atoms with Crippen molar-refractivity contribution >= 4 is 10.0 Å². The van der Waals surface area contributed by atoms with Crippen LogP contribution < -0.4 is 10.5 Å². The Morgan fingerprint density at radius 1 is 1.54 bits per heavy atom. The summed E-state index contributed by atoms with van der Waals surface area (Å²) in [4.78, 5) is 0. The maximum absolute atomic E-state index is 11.3. The van der Waals surface area contributed by atoms with E-state index in [1.165, 1.54) is 7.11 Å². The average molecular weight is 210 g/mol. The number of hydrogen-bond donors (Lipinski definition) is 2. The van der Waals surface area contributed by atoms with Gasteiger partial charge in [0.15, 0.2) is 0 Å². The lowest BCUT2D eigenvalue weighted by Crippen LogP contribution is -2.43. The zero-order valence-electron chi connectivity index (χ0n) is 8.12. The van der Waals surface area contributed by atoms with Crippen LogP contribution in [0.2, 0.25) is 0 Å². The molecule has 0 aromatic rings. The fraction of sp³-hybridized carbons (Fsp3) is 1.00. The van der Waals surface area contributed by atoms with Gasteiger partial charge in [0.25, 0.3) is 0 Å². The summed E-state index contributed by atoms with van der Waals surface area (Å²) >= 11 is 0. The molecule has 0 aliphatic heterocycles. The number of sulfonamides is 1. The fourth-order valence-corrected chi connectivity index (χ4v) is 2.26. The molecule has 6 heteroatoms. The monoisotopic (exact) mass is 210 g/mol. The minimum atomic E-state index is -3.18. The van der Waals surface area contributed by atoms with Crippen molar-refractivity contribution in [3.63, 3.8) is 0 Å². The second-order valence-electron chi connectivity index (χ2n) is 2.82. The molecule has 5 nitrogen and oxygen atoms in total. The van der Waals surface area contributed by atoms with Crippen molar-refractivity contribution in [2.45, 2.75) is 19.4 Å². The largest absolute Gasteiger partial charge is 0.383 e. The maximum Gasteiger partial charge on any atom is 0.211 e. The minimum Gasteiger partial charge on any atom is -0.383 e. The van der Waals surface area contributed by atoms with E-state index >= 15 is 0 Å². The van der Waals surface area contributed by atoms with E-state index in [1.54, 1.807) is 0 Å². The van der Waals surface area contributed by atoms with Crippen molar-refractivity contribution in [1.82, 2.24) is 4.72 Å². The second-order valence-corrected chi connectivity index (χ2v) is 4.70. The summed E-state index contributed by atoms with van der Waals surface area (Å²) < 4.78 is 29.8.